The monoisotopic (exact) mass is 179 g/mol. The summed E-state index contributed by atoms with van der Waals surface area (Å²) in [5.41, 5.74) is 7.72. The Balaban J connectivity index is 2.33. The molecule has 2 N–H and O–H groups in total. The van der Waals surface area contributed by atoms with Crippen LogP contribution in [0.3, 0.4) is 0 Å². The van der Waals surface area contributed by atoms with E-state index in [-0.39, 0.29) is 17.8 Å². The molecule has 0 aliphatic heterocycles. The Labute approximate surface area is 77.8 Å². The maximum Gasteiger partial charge on any atom is 0.126 e. The molecule has 1 aliphatic rings. The number of hydrogen-bond acceptors (Lipinski definition) is 1. The smallest absolute Gasteiger partial charge is 0.126 e. The highest BCUT2D eigenvalue weighted by atomic mass is 19.1. The number of rotatable bonds is 1. The molecule has 2 rings (SSSR count). The van der Waals surface area contributed by atoms with Crippen LogP contribution in [0, 0.1) is 12.7 Å². The molecule has 1 fully saturated rings. The SMILES string of the molecule is Cc1ccc(F)c(C2CCC2N)c1. The van der Waals surface area contributed by atoms with Gasteiger partial charge >= 0.3 is 0 Å². The van der Waals surface area contributed by atoms with Crippen LogP contribution in [0.1, 0.15) is 29.9 Å². The predicted molar refractivity (Wildman–Crippen MR) is 51.1 cm³/mol. The second-order valence-electron chi connectivity index (χ2n) is 3.87. The van der Waals surface area contributed by atoms with Gasteiger partial charge in [0.1, 0.15) is 5.82 Å². The molecule has 13 heavy (non-hydrogen) atoms. The lowest BCUT2D eigenvalue weighted by atomic mass is 9.75. The van der Waals surface area contributed by atoms with Crippen molar-refractivity contribution in [1.29, 1.82) is 0 Å². The van der Waals surface area contributed by atoms with Crippen LogP contribution in [0.25, 0.3) is 0 Å². The van der Waals surface area contributed by atoms with Crippen LogP contribution in [0.4, 0.5) is 4.39 Å². The average molecular weight is 179 g/mol. The van der Waals surface area contributed by atoms with Crippen molar-refractivity contribution < 1.29 is 4.39 Å². The van der Waals surface area contributed by atoms with Crippen molar-refractivity contribution in [3.8, 4) is 0 Å². The Bertz CT molecular complexity index is 322. The minimum Gasteiger partial charge on any atom is -0.327 e. The van der Waals surface area contributed by atoms with Crippen LogP contribution in [0.15, 0.2) is 18.2 Å². The van der Waals surface area contributed by atoms with Crippen LogP contribution < -0.4 is 5.73 Å². The molecule has 1 aromatic rings. The molecule has 70 valence electrons. The Hall–Kier alpha value is -0.890. The van der Waals surface area contributed by atoms with Gasteiger partial charge in [-0.25, -0.2) is 4.39 Å². The molecule has 1 aromatic carbocycles. The Morgan fingerprint density at radius 1 is 1.38 bits per heavy atom. The minimum absolute atomic E-state index is 0.106. The Kier molecular flexibility index (Phi) is 2.08. The molecule has 2 heteroatoms. The first kappa shape index (κ1) is 8.70. The van der Waals surface area contributed by atoms with Crippen LogP contribution in [0.2, 0.25) is 0 Å². The van der Waals surface area contributed by atoms with Gasteiger partial charge in [0.25, 0.3) is 0 Å². The fourth-order valence-electron chi connectivity index (χ4n) is 1.86. The average Bonchev–Trinajstić information content (AvgIpc) is 2.09. The van der Waals surface area contributed by atoms with E-state index in [9.17, 15) is 4.39 Å². The zero-order chi connectivity index (χ0) is 9.42. The molecular formula is C11H14FN. The van der Waals surface area contributed by atoms with Crippen LogP contribution in [0.5, 0.6) is 0 Å². The molecular weight excluding hydrogens is 165 g/mol. The van der Waals surface area contributed by atoms with Crippen molar-refractivity contribution in [2.45, 2.75) is 31.7 Å². The second-order valence-corrected chi connectivity index (χ2v) is 3.87. The molecule has 0 radical (unpaired) electrons. The van der Waals surface area contributed by atoms with E-state index in [0.29, 0.717) is 0 Å². The quantitative estimate of drug-likeness (QED) is 0.703. The highest BCUT2D eigenvalue weighted by molar-refractivity contribution is 5.30. The van der Waals surface area contributed by atoms with Crippen molar-refractivity contribution in [3.05, 3.63) is 35.1 Å². The summed E-state index contributed by atoms with van der Waals surface area (Å²) in [5, 5.41) is 0. The second kappa shape index (κ2) is 3.11. The van der Waals surface area contributed by atoms with E-state index in [1.54, 1.807) is 6.07 Å². The molecule has 0 saturated heterocycles. The third-order valence-electron chi connectivity index (χ3n) is 2.88. The summed E-state index contributed by atoms with van der Waals surface area (Å²) < 4.78 is 13.4. The van der Waals surface area contributed by atoms with E-state index >= 15 is 0 Å². The van der Waals surface area contributed by atoms with E-state index in [1.807, 2.05) is 13.0 Å². The van der Waals surface area contributed by atoms with Crippen molar-refractivity contribution >= 4 is 0 Å². The Morgan fingerprint density at radius 3 is 2.69 bits per heavy atom. The first-order valence-corrected chi connectivity index (χ1v) is 4.70. The summed E-state index contributed by atoms with van der Waals surface area (Å²) in [6.45, 7) is 1.98. The lowest BCUT2D eigenvalue weighted by Gasteiger charge is -2.34. The standard InChI is InChI=1S/C11H14FN/c1-7-2-4-10(12)9(6-7)8-3-5-11(8)13/h2,4,6,8,11H,3,5,13H2,1H3. The zero-order valence-corrected chi connectivity index (χ0v) is 7.76. The fourth-order valence-corrected chi connectivity index (χ4v) is 1.86. The largest absolute Gasteiger partial charge is 0.327 e. The van der Waals surface area contributed by atoms with Crippen molar-refractivity contribution in [2.75, 3.05) is 0 Å². The van der Waals surface area contributed by atoms with Crippen molar-refractivity contribution in [3.63, 3.8) is 0 Å². The summed E-state index contributed by atoms with van der Waals surface area (Å²) in [6.07, 6.45) is 2.06. The van der Waals surface area contributed by atoms with Crippen LogP contribution in [-0.2, 0) is 0 Å². The van der Waals surface area contributed by atoms with Gasteiger partial charge in [-0.3, -0.25) is 0 Å². The van der Waals surface area contributed by atoms with E-state index in [2.05, 4.69) is 0 Å². The molecule has 0 aromatic heterocycles. The summed E-state index contributed by atoms with van der Waals surface area (Å²) >= 11 is 0. The maximum atomic E-state index is 13.4. The van der Waals surface area contributed by atoms with Crippen LogP contribution >= 0.6 is 0 Å². The number of nitrogens with two attached hydrogens (primary N) is 1. The molecule has 0 spiro atoms. The van der Waals surface area contributed by atoms with E-state index < -0.39 is 0 Å². The van der Waals surface area contributed by atoms with Crippen LogP contribution in [-0.4, -0.2) is 6.04 Å². The van der Waals surface area contributed by atoms with Gasteiger partial charge in [0, 0.05) is 12.0 Å². The van der Waals surface area contributed by atoms with Crippen molar-refractivity contribution in [1.82, 2.24) is 0 Å². The molecule has 1 saturated carbocycles. The van der Waals surface area contributed by atoms with E-state index in [0.717, 1.165) is 24.0 Å². The van der Waals surface area contributed by atoms with Gasteiger partial charge in [0.05, 0.1) is 0 Å². The van der Waals surface area contributed by atoms with Gasteiger partial charge < -0.3 is 5.73 Å². The molecule has 1 aliphatic carbocycles. The van der Waals surface area contributed by atoms with Gasteiger partial charge in [-0.05, 0) is 31.4 Å². The predicted octanol–water partition coefficient (Wildman–Crippen LogP) is 2.34. The molecule has 2 unspecified atom stereocenters. The molecule has 0 bridgehead atoms. The zero-order valence-electron chi connectivity index (χ0n) is 7.76. The summed E-state index contributed by atoms with van der Waals surface area (Å²) in [4.78, 5) is 0. The van der Waals surface area contributed by atoms with Gasteiger partial charge in [-0.15, -0.1) is 0 Å². The third-order valence-corrected chi connectivity index (χ3v) is 2.88. The minimum atomic E-state index is -0.106. The maximum absolute atomic E-state index is 13.4. The number of aryl methyl sites for hydroxylation is 1. The van der Waals surface area contributed by atoms with E-state index in [1.165, 1.54) is 6.07 Å². The van der Waals surface area contributed by atoms with Crippen molar-refractivity contribution in [2.24, 2.45) is 5.73 Å². The summed E-state index contributed by atoms with van der Waals surface area (Å²) in [5.74, 6) is 0.144. The Morgan fingerprint density at radius 2 is 2.15 bits per heavy atom. The van der Waals surface area contributed by atoms with E-state index in [4.69, 9.17) is 5.73 Å². The highest BCUT2D eigenvalue weighted by Crippen LogP contribution is 2.36. The highest BCUT2D eigenvalue weighted by Gasteiger charge is 2.30. The number of hydrogen-bond donors (Lipinski definition) is 1. The first-order chi connectivity index (χ1) is 6.18. The van der Waals surface area contributed by atoms with Gasteiger partial charge in [-0.2, -0.15) is 0 Å². The van der Waals surface area contributed by atoms with Gasteiger partial charge in [0.2, 0.25) is 0 Å². The summed E-state index contributed by atoms with van der Waals surface area (Å²) in [7, 11) is 0. The lowest BCUT2D eigenvalue weighted by molar-refractivity contribution is 0.337. The molecule has 0 amide bonds. The van der Waals surface area contributed by atoms with Gasteiger partial charge in [0.15, 0.2) is 0 Å². The normalized spacial score (nSPS) is 27.0. The third kappa shape index (κ3) is 1.46. The topological polar surface area (TPSA) is 26.0 Å². The van der Waals surface area contributed by atoms with Gasteiger partial charge in [-0.1, -0.05) is 17.7 Å². The fraction of sp³-hybridized carbons (Fsp3) is 0.455. The lowest BCUT2D eigenvalue weighted by Crippen LogP contribution is -2.37. The summed E-state index contributed by atoms with van der Waals surface area (Å²) in [6, 6.07) is 5.41. The molecule has 0 heterocycles. The molecule has 1 nitrogen and oxygen atoms in total. The molecule has 2 atom stereocenters. The number of halogens is 1. The first-order valence-electron chi connectivity index (χ1n) is 4.70. The number of benzene rings is 1.